The van der Waals surface area contributed by atoms with Gasteiger partial charge >= 0.3 is 0 Å². The molecular formula is C18H29N5O2. The Labute approximate surface area is 149 Å². The highest BCUT2D eigenvalue weighted by Crippen LogP contribution is 2.23. The number of anilines is 1. The lowest BCUT2D eigenvalue weighted by Gasteiger charge is -2.27. The Hall–Kier alpha value is -1.73. The van der Waals surface area contributed by atoms with Gasteiger partial charge in [0.15, 0.2) is 0 Å². The molecule has 2 aliphatic rings. The third-order valence-electron chi connectivity index (χ3n) is 5.26. The molecule has 25 heavy (non-hydrogen) atoms. The molecule has 2 fully saturated rings. The summed E-state index contributed by atoms with van der Waals surface area (Å²) in [4.78, 5) is 25.5. The minimum atomic E-state index is -0.232. The summed E-state index contributed by atoms with van der Waals surface area (Å²) in [5.74, 6) is 1.42. The molecule has 2 saturated heterocycles. The number of carbonyl (C=O) groups is 1. The molecule has 7 heteroatoms. The first-order chi connectivity index (χ1) is 12.0. The van der Waals surface area contributed by atoms with Crippen molar-refractivity contribution in [2.75, 3.05) is 25.9 Å². The Morgan fingerprint density at radius 2 is 2.20 bits per heavy atom. The van der Waals surface area contributed by atoms with E-state index >= 15 is 0 Å². The van der Waals surface area contributed by atoms with Gasteiger partial charge in [-0.05, 0) is 52.1 Å². The van der Waals surface area contributed by atoms with E-state index in [1.165, 1.54) is 0 Å². The van der Waals surface area contributed by atoms with E-state index < -0.39 is 0 Å². The molecule has 7 nitrogen and oxygen atoms in total. The standard InChI is InChI=1S/C18H29N5O2/c1-13-5-6-15(25-13)18(24)23-10-3-4-14(8-11-23)22(2)12-17-20-9-7-16(19)21-17/h7,9,13-15H,3-6,8,10-12H2,1-2H3,(H2,19,20,21)/t13-,14-,15+/m1/s1. The molecule has 1 amide bonds. The number of hydrogen-bond donors (Lipinski definition) is 1. The molecule has 1 aromatic rings. The van der Waals surface area contributed by atoms with Gasteiger partial charge < -0.3 is 15.4 Å². The summed E-state index contributed by atoms with van der Waals surface area (Å²) in [6.07, 6.45) is 6.56. The SMILES string of the molecule is C[C@@H]1CC[C@@H](C(=O)N2CCC[C@@H](N(C)Cc3nccc(N)n3)CC2)O1. The van der Waals surface area contributed by atoms with Crippen molar-refractivity contribution in [3.05, 3.63) is 18.1 Å². The van der Waals surface area contributed by atoms with Gasteiger partial charge in [0, 0.05) is 25.3 Å². The molecule has 0 aromatic carbocycles. The lowest BCUT2D eigenvalue weighted by Crippen LogP contribution is -2.40. The predicted octanol–water partition coefficient (Wildman–Crippen LogP) is 1.44. The molecule has 3 atom stereocenters. The van der Waals surface area contributed by atoms with Crippen LogP contribution in [0.1, 0.15) is 44.9 Å². The normalized spacial score (nSPS) is 27.5. The lowest BCUT2D eigenvalue weighted by molar-refractivity contribution is -0.142. The van der Waals surface area contributed by atoms with Crippen LogP contribution in [-0.2, 0) is 16.1 Å². The topological polar surface area (TPSA) is 84.6 Å². The molecule has 0 aliphatic carbocycles. The second-order valence-electron chi connectivity index (χ2n) is 7.24. The summed E-state index contributed by atoms with van der Waals surface area (Å²) in [6, 6.07) is 2.12. The molecule has 2 aliphatic heterocycles. The maximum Gasteiger partial charge on any atom is 0.251 e. The van der Waals surface area contributed by atoms with Crippen LogP contribution in [0, 0.1) is 0 Å². The molecule has 2 N–H and O–H groups in total. The van der Waals surface area contributed by atoms with Gasteiger partial charge in [0.1, 0.15) is 17.7 Å². The summed E-state index contributed by atoms with van der Waals surface area (Å²) in [6.45, 7) is 4.33. The molecule has 0 saturated carbocycles. The minimum absolute atomic E-state index is 0.173. The number of nitrogen functional groups attached to an aromatic ring is 1. The average Bonchev–Trinajstić information content (AvgIpc) is 2.87. The van der Waals surface area contributed by atoms with Crippen molar-refractivity contribution in [3.63, 3.8) is 0 Å². The number of nitrogens with zero attached hydrogens (tertiary/aromatic N) is 4. The molecule has 138 valence electrons. The molecule has 0 unspecified atom stereocenters. The summed E-state index contributed by atoms with van der Waals surface area (Å²) in [5.41, 5.74) is 5.73. The zero-order chi connectivity index (χ0) is 17.8. The fraction of sp³-hybridized carbons (Fsp3) is 0.722. The highest BCUT2D eigenvalue weighted by molar-refractivity contribution is 5.81. The Bertz CT molecular complexity index is 597. The van der Waals surface area contributed by atoms with Gasteiger partial charge in [-0.15, -0.1) is 0 Å². The van der Waals surface area contributed by atoms with Crippen LogP contribution in [0.15, 0.2) is 12.3 Å². The van der Waals surface area contributed by atoms with E-state index in [1.54, 1.807) is 12.3 Å². The second-order valence-corrected chi connectivity index (χ2v) is 7.24. The van der Waals surface area contributed by atoms with Crippen molar-refractivity contribution in [1.29, 1.82) is 0 Å². The molecule has 3 rings (SSSR count). The van der Waals surface area contributed by atoms with Crippen molar-refractivity contribution in [2.24, 2.45) is 0 Å². The Morgan fingerprint density at radius 1 is 1.36 bits per heavy atom. The number of aromatic nitrogens is 2. The summed E-state index contributed by atoms with van der Waals surface area (Å²) < 4.78 is 5.75. The van der Waals surface area contributed by atoms with E-state index in [0.717, 1.165) is 51.0 Å². The summed E-state index contributed by atoms with van der Waals surface area (Å²) in [5, 5.41) is 0. The fourth-order valence-corrected chi connectivity index (χ4v) is 3.77. The van der Waals surface area contributed by atoms with Crippen LogP contribution in [0.25, 0.3) is 0 Å². The van der Waals surface area contributed by atoms with E-state index in [1.807, 2.05) is 11.8 Å². The van der Waals surface area contributed by atoms with E-state index in [9.17, 15) is 4.79 Å². The number of nitrogens with two attached hydrogens (primary N) is 1. The average molecular weight is 347 g/mol. The first-order valence-corrected chi connectivity index (χ1v) is 9.25. The van der Waals surface area contributed by atoms with Crippen LogP contribution >= 0.6 is 0 Å². The van der Waals surface area contributed by atoms with E-state index in [4.69, 9.17) is 10.5 Å². The van der Waals surface area contributed by atoms with Gasteiger partial charge in [-0.25, -0.2) is 9.97 Å². The number of rotatable bonds is 4. The van der Waals surface area contributed by atoms with Gasteiger partial charge in [0.25, 0.3) is 5.91 Å². The Balaban J connectivity index is 1.53. The maximum atomic E-state index is 12.7. The van der Waals surface area contributed by atoms with Crippen LogP contribution in [0.4, 0.5) is 5.82 Å². The number of hydrogen-bond acceptors (Lipinski definition) is 6. The van der Waals surface area contributed by atoms with Crippen LogP contribution in [0.2, 0.25) is 0 Å². The van der Waals surface area contributed by atoms with Crippen LogP contribution in [-0.4, -0.2) is 64.1 Å². The first-order valence-electron chi connectivity index (χ1n) is 9.25. The predicted molar refractivity (Wildman–Crippen MR) is 95.7 cm³/mol. The smallest absolute Gasteiger partial charge is 0.251 e. The van der Waals surface area contributed by atoms with Crippen molar-refractivity contribution < 1.29 is 9.53 Å². The summed E-state index contributed by atoms with van der Waals surface area (Å²) in [7, 11) is 2.09. The Morgan fingerprint density at radius 3 is 2.92 bits per heavy atom. The molecule has 1 aromatic heterocycles. The fourth-order valence-electron chi connectivity index (χ4n) is 3.77. The van der Waals surface area contributed by atoms with Gasteiger partial charge in [0.05, 0.1) is 12.6 Å². The largest absolute Gasteiger partial charge is 0.384 e. The van der Waals surface area contributed by atoms with Crippen LogP contribution in [0.5, 0.6) is 0 Å². The van der Waals surface area contributed by atoms with Crippen molar-refractivity contribution in [3.8, 4) is 0 Å². The first kappa shape index (κ1) is 18.1. The third-order valence-corrected chi connectivity index (χ3v) is 5.26. The zero-order valence-electron chi connectivity index (χ0n) is 15.2. The van der Waals surface area contributed by atoms with E-state index in [2.05, 4.69) is 21.9 Å². The molecule has 0 bridgehead atoms. The summed E-state index contributed by atoms with van der Waals surface area (Å²) >= 11 is 0. The van der Waals surface area contributed by atoms with Crippen molar-refractivity contribution in [1.82, 2.24) is 19.8 Å². The highest BCUT2D eigenvalue weighted by Gasteiger charge is 2.33. The minimum Gasteiger partial charge on any atom is -0.384 e. The number of amides is 1. The van der Waals surface area contributed by atoms with Crippen molar-refractivity contribution >= 4 is 11.7 Å². The number of likely N-dealkylation sites (tertiary alicyclic amines) is 1. The third kappa shape index (κ3) is 4.67. The van der Waals surface area contributed by atoms with E-state index in [0.29, 0.717) is 18.4 Å². The number of carbonyl (C=O) groups excluding carboxylic acids is 1. The Kier molecular flexibility index (Phi) is 5.86. The maximum absolute atomic E-state index is 12.7. The zero-order valence-corrected chi connectivity index (χ0v) is 15.2. The van der Waals surface area contributed by atoms with E-state index in [-0.39, 0.29) is 18.1 Å². The quantitative estimate of drug-likeness (QED) is 0.887. The second kappa shape index (κ2) is 8.10. The molecular weight excluding hydrogens is 318 g/mol. The van der Waals surface area contributed by atoms with Gasteiger partial charge in [-0.1, -0.05) is 0 Å². The lowest BCUT2D eigenvalue weighted by atomic mass is 10.1. The van der Waals surface area contributed by atoms with Crippen LogP contribution in [0.3, 0.4) is 0 Å². The molecule has 0 spiro atoms. The monoisotopic (exact) mass is 347 g/mol. The molecule has 0 radical (unpaired) electrons. The van der Waals surface area contributed by atoms with Gasteiger partial charge in [-0.3, -0.25) is 9.69 Å². The number of ether oxygens (including phenoxy) is 1. The highest BCUT2D eigenvalue weighted by atomic mass is 16.5. The van der Waals surface area contributed by atoms with Crippen molar-refractivity contribution in [2.45, 2.75) is 63.8 Å². The van der Waals surface area contributed by atoms with Crippen LogP contribution < -0.4 is 5.73 Å². The molecule has 3 heterocycles. The van der Waals surface area contributed by atoms with Gasteiger partial charge in [0.2, 0.25) is 0 Å². The van der Waals surface area contributed by atoms with Gasteiger partial charge in [-0.2, -0.15) is 0 Å².